The highest BCUT2D eigenvalue weighted by Crippen LogP contribution is 2.49. The van der Waals surface area contributed by atoms with E-state index in [1.165, 1.54) is 16.3 Å². The van der Waals surface area contributed by atoms with Crippen LogP contribution in [0.15, 0.2) is 42.9 Å². The molecule has 1 unspecified atom stereocenters. The molecule has 64 heavy (non-hydrogen) atoms. The second-order valence-electron chi connectivity index (χ2n) is 19.1. The van der Waals surface area contributed by atoms with Crippen molar-refractivity contribution in [2.24, 2.45) is 5.41 Å². The molecular formula is C46H55F2N11O5. The average Bonchev–Trinajstić information content (AvgIpc) is 4.14. The van der Waals surface area contributed by atoms with Crippen molar-refractivity contribution in [3.8, 4) is 0 Å². The number of nitrogens with one attached hydrogen (secondary N) is 2. The van der Waals surface area contributed by atoms with Gasteiger partial charge in [0, 0.05) is 56.5 Å². The Hall–Kier alpha value is -5.33. The predicted molar refractivity (Wildman–Crippen MR) is 231 cm³/mol. The third-order valence-electron chi connectivity index (χ3n) is 15.1. The molecule has 2 bridgehead atoms. The van der Waals surface area contributed by atoms with E-state index in [0.717, 1.165) is 113 Å². The van der Waals surface area contributed by atoms with Crippen molar-refractivity contribution in [1.82, 2.24) is 44.4 Å². The second kappa shape index (κ2) is 16.6. The number of likely N-dealkylation sites (tertiary alicyclic amines) is 1. The Bertz CT molecular complexity index is 2580. The molecule has 18 heteroatoms. The number of ether oxygens (including phenoxy) is 2. The van der Waals surface area contributed by atoms with Crippen LogP contribution >= 0.6 is 0 Å². The van der Waals surface area contributed by atoms with Crippen LogP contribution in [0.2, 0.25) is 0 Å². The molecule has 3 atom stereocenters. The van der Waals surface area contributed by atoms with Crippen molar-refractivity contribution >= 4 is 45.8 Å². The molecule has 4 aromatic heterocycles. The summed E-state index contributed by atoms with van der Waals surface area (Å²) in [6, 6.07) is 8.36. The highest BCUT2D eigenvalue weighted by Gasteiger charge is 2.48. The Morgan fingerprint density at radius 1 is 1.03 bits per heavy atom. The zero-order valence-electron chi connectivity index (χ0n) is 36.1. The maximum atomic E-state index is 14.3. The maximum Gasteiger partial charge on any atom is 0.284 e. The van der Waals surface area contributed by atoms with Crippen LogP contribution in [0.5, 0.6) is 0 Å². The molecule has 6 fully saturated rings. The molecule has 2 saturated carbocycles. The Labute approximate surface area is 369 Å². The van der Waals surface area contributed by atoms with E-state index in [1.54, 1.807) is 21.8 Å². The van der Waals surface area contributed by atoms with Gasteiger partial charge in [-0.05, 0) is 107 Å². The molecule has 11 rings (SSSR count). The van der Waals surface area contributed by atoms with Gasteiger partial charge < -0.3 is 19.7 Å². The first-order valence-corrected chi connectivity index (χ1v) is 23.2. The molecule has 6 aliphatic rings. The number of rotatable bonds is 12. The van der Waals surface area contributed by atoms with E-state index in [1.807, 2.05) is 25.1 Å². The second-order valence-corrected chi connectivity index (χ2v) is 19.1. The van der Waals surface area contributed by atoms with Crippen molar-refractivity contribution in [2.75, 3.05) is 43.1 Å². The fraction of sp³-hybridized carbons (Fsp3) is 0.587. The number of anilines is 2. The first-order valence-electron chi connectivity index (χ1n) is 23.2. The number of fused-ring (bicyclic) bond motifs is 4. The molecule has 1 spiro atoms. The van der Waals surface area contributed by atoms with Gasteiger partial charge in [0.1, 0.15) is 17.4 Å². The Morgan fingerprint density at radius 3 is 2.61 bits per heavy atom. The number of hydrogen-bond donors (Lipinski definition) is 2. The van der Waals surface area contributed by atoms with Crippen LogP contribution in [0.25, 0.3) is 16.6 Å². The van der Waals surface area contributed by atoms with E-state index in [-0.39, 0.29) is 52.8 Å². The van der Waals surface area contributed by atoms with Gasteiger partial charge in [-0.25, -0.2) is 18.3 Å². The lowest BCUT2D eigenvalue weighted by Crippen LogP contribution is -2.61. The molecule has 0 radical (unpaired) electrons. The van der Waals surface area contributed by atoms with Crippen LogP contribution < -0.4 is 15.5 Å². The van der Waals surface area contributed by atoms with Crippen molar-refractivity contribution in [3.63, 3.8) is 0 Å². The summed E-state index contributed by atoms with van der Waals surface area (Å²) < 4.78 is 45.8. The Balaban J connectivity index is 0.637. The fourth-order valence-corrected chi connectivity index (χ4v) is 11.7. The number of carbonyl (C=O) groups is 3. The quantitative estimate of drug-likeness (QED) is 0.110. The fourth-order valence-electron chi connectivity index (χ4n) is 11.7. The average molecular weight is 880 g/mol. The molecule has 8 heterocycles. The Morgan fingerprint density at radius 2 is 1.86 bits per heavy atom. The van der Waals surface area contributed by atoms with E-state index in [2.05, 4.69) is 36.7 Å². The van der Waals surface area contributed by atoms with Gasteiger partial charge in [-0.1, -0.05) is 12.1 Å². The molecule has 2 N–H and O–H groups in total. The normalized spacial score (nSPS) is 26.1. The first-order chi connectivity index (χ1) is 31.1. The van der Waals surface area contributed by atoms with Gasteiger partial charge in [0.25, 0.3) is 18.2 Å². The largest absolute Gasteiger partial charge is 0.378 e. The van der Waals surface area contributed by atoms with Gasteiger partial charge in [0.2, 0.25) is 5.91 Å². The lowest BCUT2D eigenvalue weighted by Gasteiger charge is -2.57. The number of aryl methyl sites for hydroxylation is 2. The molecule has 16 nitrogen and oxygen atoms in total. The number of benzene rings is 1. The Kier molecular flexibility index (Phi) is 10.7. The number of carbonyl (C=O) groups excluding carboxylic acids is 3. The van der Waals surface area contributed by atoms with E-state index in [4.69, 9.17) is 19.6 Å². The number of nitrogens with zero attached hydrogens (tertiary/aromatic N) is 9. The number of imide groups is 1. The summed E-state index contributed by atoms with van der Waals surface area (Å²) in [7, 11) is 0. The molecule has 5 aromatic rings. The minimum atomic E-state index is -2.84. The zero-order valence-corrected chi connectivity index (χ0v) is 36.1. The number of amides is 3. The standard InChI is InChI=1S/C46H55F2N11O5/c1-27-40-28(4-2-6-36(40)59(53-27)37-11-12-39(60)52-45(37)62)5-3-19-63-32-9-7-29(8-10-32)55-25-46(26-55)16-13-30(14-17-46)58-23-35(41(54-58)42(47)48)50-44(61)34-21-49-57-18-15-38(51-43(34)57)56-22-33-20-31(56)24-64-33/h2,4,6,15,18,21,23,29-33,37,42H,3,5,7-14,16-17,19-20,22,24-26H2,1H3,(H,50,61)(H,52,60,62)/t29?,31-,32?,33-,37?/m1/s1. The van der Waals surface area contributed by atoms with Gasteiger partial charge in [0.15, 0.2) is 11.3 Å². The zero-order chi connectivity index (χ0) is 43.7. The van der Waals surface area contributed by atoms with Crippen LogP contribution in [0, 0.1) is 12.3 Å². The molecule has 2 aliphatic carbocycles. The SMILES string of the molecule is Cc1nn(C2CCC(=O)NC2=O)c2cccc(CCCOC3CCC(N4CC5(CCC(n6cc(NC(=O)c7cnn8ccc(N9C[C@H]%10C[C@@H]9CO%10)nc78)c(C(F)F)n6)CC5)C4)CC3)c12. The van der Waals surface area contributed by atoms with E-state index < -0.39 is 24.1 Å². The number of alkyl halides is 2. The van der Waals surface area contributed by atoms with Crippen LogP contribution in [-0.2, 0) is 25.5 Å². The van der Waals surface area contributed by atoms with Crippen molar-refractivity contribution in [2.45, 2.75) is 133 Å². The van der Waals surface area contributed by atoms with Gasteiger partial charge in [0.05, 0.1) is 54.0 Å². The summed E-state index contributed by atoms with van der Waals surface area (Å²) in [4.78, 5) is 47.5. The maximum absolute atomic E-state index is 14.3. The summed E-state index contributed by atoms with van der Waals surface area (Å²) in [5.74, 6) is -0.331. The summed E-state index contributed by atoms with van der Waals surface area (Å²) in [6.07, 6.45) is 14.0. The van der Waals surface area contributed by atoms with Crippen LogP contribution in [0.3, 0.4) is 0 Å². The minimum absolute atomic E-state index is 0.0103. The number of aromatic nitrogens is 7. The van der Waals surface area contributed by atoms with E-state index in [0.29, 0.717) is 37.7 Å². The third-order valence-corrected chi connectivity index (χ3v) is 15.1. The van der Waals surface area contributed by atoms with Gasteiger partial charge in [-0.3, -0.25) is 34.0 Å². The summed E-state index contributed by atoms with van der Waals surface area (Å²) in [6.45, 7) is 6.22. The number of halogens is 2. The molecule has 4 saturated heterocycles. The highest BCUT2D eigenvalue weighted by molar-refractivity contribution is 6.08. The van der Waals surface area contributed by atoms with Crippen molar-refractivity contribution < 1.29 is 32.6 Å². The monoisotopic (exact) mass is 879 g/mol. The van der Waals surface area contributed by atoms with Gasteiger partial charge >= 0.3 is 0 Å². The third kappa shape index (κ3) is 7.63. The number of piperidine rings is 1. The lowest BCUT2D eigenvalue weighted by molar-refractivity contribution is -0.135. The molecule has 4 aliphatic heterocycles. The number of morpholine rings is 1. The van der Waals surface area contributed by atoms with E-state index >= 15 is 0 Å². The number of hydrogen-bond acceptors (Lipinski definition) is 11. The first kappa shape index (κ1) is 41.4. The smallest absolute Gasteiger partial charge is 0.284 e. The molecule has 1 aromatic carbocycles. The predicted octanol–water partition coefficient (Wildman–Crippen LogP) is 6.11. The van der Waals surface area contributed by atoms with Crippen molar-refractivity contribution in [3.05, 3.63) is 65.4 Å². The molecular weight excluding hydrogens is 825 g/mol. The van der Waals surface area contributed by atoms with Crippen molar-refractivity contribution in [1.29, 1.82) is 0 Å². The van der Waals surface area contributed by atoms with Crippen LogP contribution in [0.1, 0.15) is 123 Å². The lowest BCUT2D eigenvalue weighted by atomic mass is 9.66. The molecule has 3 amide bonds. The summed E-state index contributed by atoms with van der Waals surface area (Å²) in [5.41, 5.74) is 3.45. The van der Waals surface area contributed by atoms with Crippen LogP contribution in [0.4, 0.5) is 20.3 Å². The summed E-state index contributed by atoms with van der Waals surface area (Å²) in [5, 5.41) is 19.6. The topological polar surface area (TPSA) is 166 Å². The minimum Gasteiger partial charge on any atom is -0.378 e. The van der Waals surface area contributed by atoms with Crippen LogP contribution in [-0.4, -0.2) is 114 Å². The van der Waals surface area contributed by atoms with E-state index in [9.17, 15) is 23.2 Å². The summed E-state index contributed by atoms with van der Waals surface area (Å²) >= 11 is 0. The van der Waals surface area contributed by atoms with Gasteiger partial charge in [-0.2, -0.15) is 15.3 Å². The van der Waals surface area contributed by atoms with Gasteiger partial charge in [-0.15, -0.1) is 0 Å². The molecule has 338 valence electrons. The highest BCUT2D eigenvalue weighted by atomic mass is 19.3.